The molecule has 2 heterocycles. The predicted octanol–water partition coefficient (Wildman–Crippen LogP) is 2.05. The van der Waals surface area contributed by atoms with Crippen LogP contribution in [0.5, 0.6) is 5.75 Å². The van der Waals surface area contributed by atoms with Gasteiger partial charge in [-0.15, -0.1) is 0 Å². The number of carbonyl (C=O) groups excluding carboxylic acids is 2. The number of aromatic hydroxyl groups is 1. The molecule has 2 amide bonds. The van der Waals surface area contributed by atoms with E-state index in [0.717, 1.165) is 50.2 Å². The zero-order valence-electron chi connectivity index (χ0n) is 15.2. The van der Waals surface area contributed by atoms with Crippen molar-refractivity contribution in [3.05, 3.63) is 47.3 Å². The van der Waals surface area contributed by atoms with Crippen molar-refractivity contribution >= 4 is 11.8 Å². The summed E-state index contributed by atoms with van der Waals surface area (Å²) in [6.45, 7) is 2.46. The highest BCUT2D eigenvalue weighted by molar-refractivity contribution is 5.94. The number of amides is 2. The van der Waals surface area contributed by atoms with E-state index in [-0.39, 0.29) is 23.5 Å². The maximum atomic E-state index is 12.6. The SMILES string of the molecule is O=C(NCc1cc2n(n1)CCCN(C(=O)C1CCC1)C2)c1cccc(O)c1. The Morgan fingerprint density at radius 3 is 2.78 bits per heavy atom. The second-order valence-electron chi connectivity index (χ2n) is 7.32. The van der Waals surface area contributed by atoms with E-state index in [0.29, 0.717) is 18.7 Å². The fraction of sp³-hybridized carbons (Fsp3) is 0.450. The number of rotatable bonds is 4. The molecule has 7 heteroatoms. The molecule has 142 valence electrons. The van der Waals surface area contributed by atoms with E-state index in [4.69, 9.17) is 0 Å². The molecule has 2 aliphatic rings. The summed E-state index contributed by atoms with van der Waals surface area (Å²) in [5, 5.41) is 16.9. The first-order valence-corrected chi connectivity index (χ1v) is 9.52. The van der Waals surface area contributed by atoms with E-state index in [1.807, 2.05) is 15.6 Å². The Balaban J connectivity index is 1.40. The number of fused-ring (bicyclic) bond motifs is 1. The first kappa shape index (κ1) is 17.6. The molecule has 0 radical (unpaired) electrons. The van der Waals surface area contributed by atoms with E-state index in [2.05, 4.69) is 10.4 Å². The molecular weight excluding hydrogens is 344 g/mol. The van der Waals surface area contributed by atoms with Crippen molar-refractivity contribution in [3.8, 4) is 5.75 Å². The third-order valence-electron chi connectivity index (χ3n) is 5.37. The summed E-state index contributed by atoms with van der Waals surface area (Å²) in [7, 11) is 0. The summed E-state index contributed by atoms with van der Waals surface area (Å²) >= 11 is 0. The Kier molecular flexibility index (Phi) is 4.83. The number of carbonyl (C=O) groups is 2. The third-order valence-corrected chi connectivity index (χ3v) is 5.37. The molecule has 1 aliphatic carbocycles. The zero-order valence-corrected chi connectivity index (χ0v) is 15.2. The molecule has 7 nitrogen and oxygen atoms in total. The maximum Gasteiger partial charge on any atom is 0.251 e. The van der Waals surface area contributed by atoms with Crippen molar-refractivity contribution < 1.29 is 14.7 Å². The molecule has 1 aromatic heterocycles. The van der Waals surface area contributed by atoms with Gasteiger partial charge in [0.1, 0.15) is 5.75 Å². The van der Waals surface area contributed by atoms with Gasteiger partial charge >= 0.3 is 0 Å². The molecule has 0 unspecified atom stereocenters. The van der Waals surface area contributed by atoms with Gasteiger partial charge in [0.25, 0.3) is 5.91 Å². The summed E-state index contributed by atoms with van der Waals surface area (Å²) in [5.74, 6) is 0.290. The molecule has 0 atom stereocenters. The molecule has 27 heavy (non-hydrogen) atoms. The third kappa shape index (κ3) is 3.82. The maximum absolute atomic E-state index is 12.6. The number of hydrogen-bond donors (Lipinski definition) is 2. The number of benzene rings is 1. The molecule has 2 N–H and O–H groups in total. The Labute approximate surface area is 158 Å². The Hall–Kier alpha value is -2.83. The molecule has 1 aromatic carbocycles. The highest BCUT2D eigenvalue weighted by Gasteiger charge is 2.30. The number of hydrogen-bond acceptors (Lipinski definition) is 4. The predicted molar refractivity (Wildman–Crippen MR) is 98.9 cm³/mol. The second kappa shape index (κ2) is 7.42. The quantitative estimate of drug-likeness (QED) is 0.865. The lowest BCUT2D eigenvalue weighted by Crippen LogP contribution is -2.38. The molecule has 0 bridgehead atoms. The fourth-order valence-electron chi connectivity index (χ4n) is 3.63. The second-order valence-corrected chi connectivity index (χ2v) is 7.32. The smallest absolute Gasteiger partial charge is 0.251 e. The first-order valence-electron chi connectivity index (χ1n) is 9.52. The number of phenolic OH excluding ortho intramolecular Hbond substituents is 1. The first-order chi connectivity index (χ1) is 13.1. The van der Waals surface area contributed by atoms with Crippen LogP contribution in [0.25, 0.3) is 0 Å². The van der Waals surface area contributed by atoms with Crippen LogP contribution < -0.4 is 5.32 Å². The molecule has 1 saturated carbocycles. The van der Waals surface area contributed by atoms with Gasteiger partial charge in [-0.1, -0.05) is 12.5 Å². The summed E-state index contributed by atoms with van der Waals surface area (Å²) in [5.41, 5.74) is 2.20. The standard InChI is InChI=1S/C20H24N4O3/c25-18-7-2-6-15(10-18)19(26)21-12-16-11-17-13-23(8-3-9-24(17)22-16)20(27)14-4-1-5-14/h2,6-7,10-11,14,25H,1,3-5,8-9,12-13H2,(H,21,26). The molecule has 0 saturated heterocycles. The summed E-state index contributed by atoms with van der Waals surface area (Å²) in [4.78, 5) is 26.7. The topological polar surface area (TPSA) is 87.5 Å². The summed E-state index contributed by atoms with van der Waals surface area (Å²) in [6, 6.07) is 8.22. The minimum Gasteiger partial charge on any atom is -0.508 e. The molecule has 4 rings (SSSR count). The van der Waals surface area contributed by atoms with Crippen LogP contribution in [0.2, 0.25) is 0 Å². The van der Waals surface area contributed by atoms with Crippen molar-refractivity contribution in [3.63, 3.8) is 0 Å². The van der Waals surface area contributed by atoms with E-state index in [1.165, 1.54) is 12.1 Å². The number of aryl methyl sites for hydroxylation is 1. The Morgan fingerprint density at radius 1 is 1.19 bits per heavy atom. The van der Waals surface area contributed by atoms with Crippen molar-refractivity contribution in [2.45, 2.75) is 45.3 Å². The fourth-order valence-corrected chi connectivity index (χ4v) is 3.63. The van der Waals surface area contributed by atoms with E-state index in [9.17, 15) is 14.7 Å². The van der Waals surface area contributed by atoms with Gasteiger partial charge in [-0.05, 0) is 43.5 Å². The van der Waals surface area contributed by atoms with Gasteiger partial charge in [-0.3, -0.25) is 14.3 Å². The van der Waals surface area contributed by atoms with Gasteiger partial charge < -0.3 is 15.3 Å². The van der Waals surface area contributed by atoms with Gasteiger partial charge in [-0.2, -0.15) is 5.10 Å². The number of aromatic nitrogens is 2. The average molecular weight is 368 g/mol. The largest absolute Gasteiger partial charge is 0.508 e. The van der Waals surface area contributed by atoms with Crippen LogP contribution in [0.15, 0.2) is 30.3 Å². The van der Waals surface area contributed by atoms with Crippen LogP contribution >= 0.6 is 0 Å². The lowest BCUT2D eigenvalue weighted by atomic mass is 9.84. The molecule has 2 aromatic rings. The average Bonchev–Trinajstić information content (AvgIpc) is 2.88. The van der Waals surface area contributed by atoms with Gasteiger partial charge in [0.2, 0.25) is 5.91 Å². The highest BCUT2D eigenvalue weighted by atomic mass is 16.3. The zero-order chi connectivity index (χ0) is 18.8. The van der Waals surface area contributed by atoms with Crippen LogP contribution in [0.1, 0.15) is 47.4 Å². The van der Waals surface area contributed by atoms with Crippen LogP contribution in [0.4, 0.5) is 0 Å². The summed E-state index contributed by atoms with van der Waals surface area (Å²) < 4.78 is 1.95. The number of phenols is 1. The van der Waals surface area contributed by atoms with E-state index in [1.54, 1.807) is 12.1 Å². The molecule has 0 spiro atoms. The lowest BCUT2D eigenvalue weighted by molar-refractivity contribution is -0.138. The number of nitrogens with one attached hydrogen (secondary N) is 1. The van der Waals surface area contributed by atoms with Gasteiger partial charge in [0.05, 0.1) is 24.5 Å². The van der Waals surface area contributed by atoms with Gasteiger partial charge in [-0.25, -0.2) is 0 Å². The van der Waals surface area contributed by atoms with Crippen molar-refractivity contribution in [2.24, 2.45) is 5.92 Å². The highest BCUT2D eigenvalue weighted by Crippen LogP contribution is 2.29. The molecule has 1 fully saturated rings. The summed E-state index contributed by atoms with van der Waals surface area (Å²) in [6.07, 6.45) is 4.08. The monoisotopic (exact) mass is 368 g/mol. The van der Waals surface area contributed by atoms with Gasteiger partial charge in [0.15, 0.2) is 0 Å². The van der Waals surface area contributed by atoms with Crippen molar-refractivity contribution in [1.82, 2.24) is 20.0 Å². The van der Waals surface area contributed by atoms with Crippen molar-refractivity contribution in [2.75, 3.05) is 6.54 Å². The van der Waals surface area contributed by atoms with E-state index < -0.39 is 0 Å². The minimum absolute atomic E-state index is 0.0626. The van der Waals surface area contributed by atoms with Crippen LogP contribution in [0.3, 0.4) is 0 Å². The lowest BCUT2D eigenvalue weighted by Gasteiger charge is -2.30. The molecular formula is C20H24N4O3. The van der Waals surface area contributed by atoms with Crippen LogP contribution in [-0.2, 0) is 24.4 Å². The van der Waals surface area contributed by atoms with Crippen molar-refractivity contribution in [1.29, 1.82) is 0 Å². The number of nitrogens with zero attached hydrogens (tertiary/aromatic N) is 3. The minimum atomic E-state index is -0.254. The normalized spacial score (nSPS) is 17.0. The van der Waals surface area contributed by atoms with Crippen LogP contribution in [-0.4, -0.2) is 38.1 Å². The Morgan fingerprint density at radius 2 is 2.04 bits per heavy atom. The molecule has 1 aliphatic heterocycles. The van der Waals surface area contributed by atoms with Crippen LogP contribution in [0, 0.1) is 5.92 Å². The van der Waals surface area contributed by atoms with Gasteiger partial charge in [0, 0.05) is 24.6 Å². The van der Waals surface area contributed by atoms with E-state index >= 15 is 0 Å². The Bertz CT molecular complexity index is 857.